The average molecular weight is 1400 g/mol. The Labute approximate surface area is 591 Å². The van der Waals surface area contributed by atoms with Crippen LogP contribution in [0.4, 0.5) is 22.0 Å². The maximum Gasteiger partial charge on any atom is 0.253 e. The van der Waals surface area contributed by atoms with Gasteiger partial charge < -0.3 is 25.2 Å². The highest BCUT2D eigenvalue weighted by molar-refractivity contribution is 6.35. The van der Waals surface area contributed by atoms with Gasteiger partial charge in [0.05, 0.1) is 62.3 Å². The van der Waals surface area contributed by atoms with E-state index in [1.165, 1.54) is 55.0 Å². The molecule has 102 heavy (non-hydrogen) atoms. The first-order valence-electron chi connectivity index (χ1n) is 35.9. The maximum absolute atomic E-state index is 14.0. The number of imidazole rings is 3. The van der Waals surface area contributed by atoms with Crippen LogP contribution in [-0.2, 0) is 0 Å². The van der Waals surface area contributed by atoms with E-state index in [9.17, 15) is 31.5 Å². The largest absolute Gasteiger partial charge is 0.355 e. The fraction of sp³-hybridized carbons (Fsp3) is 0.375. The number of H-pyrrole nitrogens is 3. The van der Waals surface area contributed by atoms with E-state index in [1.54, 1.807) is 68.6 Å². The van der Waals surface area contributed by atoms with Crippen LogP contribution >= 0.6 is 11.6 Å². The summed E-state index contributed by atoms with van der Waals surface area (Å²) in [6, 6.07) is 33.7. The summed E-state index contributed by atoms with van der Waals surface area (Å²) in [5, 5.41) is 5.15. The molecule has 9 heterocycles. The van der Waals surface area contributed by atoms with Gasteiger partial charge in [-0.2, -0.15) is 0 Å². The summed E-state index contributed by atoms with van der Waals surface area (Å²) in [4.78, 5) is 71.5. The number of carbonyl (C=O) groups excluding carboxylic acids is 2. The van der Waals surface area contributed by atoms with Crippen molar-refractivity contribution in [2.24, 2.45) is 17.8 Å². The minimum absolute atomic E-state index is 0.00705. The molecule has 4 N–H and O–H groups in total. The highest BCUT2D eigenvalue weighted by atomic mass is 35.5. The summed E-state index contributed by atoms with van der Waals surface area (Å²) >= 11 is 6.03. The van der Waals surface area contributed by atoms with Gasteiger partial charge in [-0.15, -0.1) is 0 Å². The number of hydrogen-bond donors (Lipinski definition) is 4. The Morgan fingerprint density at radius 1 is 0.461 bits per heavy atom. The summed E-state index contributed by atoms with van der Waals surface area (Å²) in [6.07, 6.45) is 18.6. The van der Waals surface area contributed by atoms with Crippen molar-refractivity contribution in [2.45, 2.75) is 113 Å². The van der Waals surface area contributed by atoms with Gasteiger partial charge in [-0.25, -0.2) is 36.9 Å². The molecule has 3 aliphatic heterocycles. The van der Waals surface area contributed by atoms with Crippen LogP contribution in [0.3, 0.4) is 0 Å². The molecule has 2 amide bonds. The van der Waals surface area contributed by atoms with Crippen molar-refractivity contribution in [2.75, 3.05) is 60.4 Å². The quantitative estimate of drug-likeness (QED) is 0.0600. The summed E-state index contributed by atoms with van der Waals surface area (Å²) < 4.78 is 69.6. The number of carbonyl (C=O) groups is 2. The first-order chi connectivity index (χ1) is 49.6. The molecule has 0 unspecified atom stereocenters. The van der Waals surface area contributed by atoms with Gasteiger partial charge in [-0.3, -0.25) is 39.2 Å². The zero-order chi connectivity index (χ0) is 70.0. The smallest absolute Gasteiger partial charge is 0.253 e. The van der Waals surface area contributed by atoms with Gasteiger partial charge in [0, 0.05) is 73.1 Å². The molecule has 18 rings (SSSR count). The average Bonchev–Trinajstić information content (AvgIpc) is 1.59. The molecule has 16 nitrogen and oxygen atoms in total. The Bertz CT molecular complexity index is 5140. The van der Waals surface area contributed by atoms with Crippen molar-refractivity contribution < 1.29 is 31.5 Å². The summed E-state index contributed by atoms with van der Waals surface area (Å²) in [6.45, 7) is 5.63. The Morgan fingerprint density at radius 3 is 1.21 bits per heavy atom. The van der Waals surface area contributed by atoms with Gasteiger partial charge >= 0.3 is 0 Å². The van der Waals surface area contributed by atoms with Crippen LogP contribution in [0.25, 0.3) is 65.8 Å². The highest BCUT2D eigenvalue weighted by Gasteiger charge is 2.43. The van der Waals surface area contributed by atoms with Gasteiger partial charge in [0.1, 0.15) is 45.5 Å². The van der Waals surface area contributed by atoms with E-state index in [0.717, 1.165) is 169 Å². The molecular weight excluding hydrogens is 1320 g/mol. The maximum atomic E-state index is 14.0. The van der Waals surface area contributed by atoms with Crippen LogP contribution < -0.4 is 5.32 Å². The normalized spacial score (nSPS) is 18.5. The topological polar surface area (TPSA) is 184 Å². The van der Waals surface area contributed by atoms with Crippen molar-refractivity contribution in [3.05, 3.63) is 213 Å². The lowest BCUT2D eigenvalue weighted by Gasteiger charge is -2.37. The minimum Gasteiger partial charge on any atom is -0.355 e. The van der Waals surface area contributed by atoms with Crippen molar-refractivity contribution in [1.82, 2.24) is 69.8 Å². The number of fused-ring (bicyclic) bond motifs is 6. The molecule has 0 radical (unpaired) electrons. The second-order valence-corrected chi connectivity index (χ2v) is 29.3. The van der Waals surface area contributed by atoms with E-state index in [4.69, 9.17) is 21.6 Å². The predicted octanol–water partition coefficient (Wildman–Crippen LogP) is 16.7. The first-order valence-corrected chi connectivity index (χ1v) is 36.3. The molecule has 6 aromatic heterocycles. The molecule has 3 aliphatic carbocycles. The number of aromatic nitrogens is 9. The lowest BCUT2D eigenvalue weighted by Crippen LogP contribution is -2.37. The Hall–Kier alpha value is -9.28. The fourth-order valence-corrected chi connectivity index (χ4v) is 16.7. The SMILES string of the molecule is CN(C)C(=O)c1ccc2nc([C@@H](C3CC3)N3CCC(c4ccnc5ccc(F)cc45)CC3)[nH]c2c1.CNC(=O)c1ccc2nc([C@@H](C3CC3)N3CCC(c4ccnc5ccc(F)cc45)CC3)[nH]c2c1.Fc1ccc2nccc(C3CCN([C@@H](c4nc5c(Cl)c(F)c(F)cc5[nH]4)C4CC4)CC3)c2c1. The number of nitrogens with one attached hydrogen (secondary N) is 4. The van der Waals surface area contributed by atoms with Crippen LogP contribution in [0.5, 0.6) is 0 Å². The number of rotatable bonds is 14. The van der Waals surface area contributed by atoms with E-state index in [1.807, 2.05) is 54.9 Å². The zero-order valence-electron chi connectivity index (χ0n) is 57.2. The lowest BCUT2D eigenvalue weighted by atomic mass is 9.86. The number of likely N-dealkylation sites (tertiary alicyclic amines) is 3. The van der Waals surface area contributed by atoms with E-state index >= 15 is 0 Å². The highest BCUT2D eigenvalue weighted by Crippen LogP contribution is 2.50. The van der Waals surface area contributed by atoms with Crippen LogP contribution in [0.15, 0.2) is 134 Å². The van der Waals surface area contributed by atoms with E-state index < -0.39 is 11.6 Å². The van der Waals surface area contributed by atoms with Crippen molar-refractivity contribution in [1.29, 1.82) is 0 Å². The monoisotopic (exact) mass is 1400 g/mol. The van der Waals surface area contributed by atoms with Gasteiger partial charge in [-0.1, -0.05) is 11.6 Å². The summed E-state index contributed by atoms with van der Waals surface area (Å²) in [5.41, 5.74) is 11.7. The number of amides is 2. The zero-order valence-corrected chi connectivity index (χ0v) is 57.9. The van der Waals surface area contributed by atoms with Crippen molar-refractivity contribution in [3.8, 4) is 0 Å². The third kappa shape index (κ3) is 13.7. The molecule has 0 bridgehead atoms. The number of aromatic amines is 3. The summed E-state index contributed by atoms with van der Waals surface area (Å²) in [5.74, 6) is 2.72. The minimum atomic E-state index is -1.06. The molecular formula is C80H80ClF5N14O2. The third-order valence-electron chi connectivity index (χ3n) is 22.1. The van der Waals surface area contributed by atoms with Crippen LogP contribution in [0.2, 0.25) is 5.02 Å². The summed E-state index contributed by atoms with van der Waals surface area (Å²) in [7, 11) is 5.18. The lowest BCUT2D eigenvalue weighted by molar-refractivity contribution is 0.0827. The number of piperidine rings is 3. The van der Waals surface area contributed by atoms with Crippen LogP contribution in [-0.4, -0.2) is 137 Å². The predicted molar refractivity (Wildman–Crippen MR) is 387 cm³/mol. The second kappa shape index (κ2) is 28.2. The van der Waals surface area contributed by atoms with Gasteiger partial charge in [0.2, 0.25) is 0 Å². The van der Waals surface area contributed by atoms with Crippen molar-refractivity contribution >= 4 is 89.2 Å². The molecule has 12 aromatic rings. The molecule has 3 saturated heterocycles. The number of hydrogen-bond acceptors (Lipinski definition) is 11. The molecule has 6 fully saturated rings. The molecule has 0 spiro atoms. The van der Waals surface area contributed by atoms with Crippen LogP contribution in [0, 0.1) is 46.8 Å². The molecule has 22 heteroatoms. The number of benzene rings is 6. The van der Waals surface area contributed by atoms with Gasteiger partial charge in [0.25, 0.3) is 11.8 Å². The van der Waals surface area contributed by atoms with E-state index in [0.29, 0.717) is 58.0 Å². The van der Waals surface area contributed by atoms with E-state index in [2.05, 4.69) is 67.0 Å². The standard InChI is InChI=1S/C28H30FN5O.C27H28FN5O.C25H22ClF3N4/c1-33(2)28(35)19-5-7-24-25(15-19)32-27(31-24)26(18-3-4-18)34-13-10-17(11-14-34)21-9-12-30-23-8-6-20(29)16-22(21)23;1-29-27(34)18-4-6-23-24(14-18)32-26(31-23)25(17-2-3-17)33-12-9-16(10-13-33)20-8-11-30-22-7-5-19(28)15-21(20)22;26-21-22(29)18(28)12-20-23(21)32-25(31-20)24(14-1-2-14)33-9-6-13(7-10-33)16-5-8-30-19-4-3-15(27)11-17(16)19/h5-9,12,15-18,26H,3-4,10-11,13-14H2,1-2H3,(H,31,32);4-8,11,14-17,25H,2-3,9-10,12-13H2,1H3,(H,29,34)(H,31,32);3-5,8,11-14,24H,1-2,6-7,9-10H2,(H,31,32)/t26-;25-;24-/m111/s1. The van der Waals surface area contributed by atoms with Crippen molar-refractivity contribution in [3.63, 3.8) is 0 Å². The molecule has 3 atom stereocenters. The Kier molecular flexibility index (Phi) is 18.6. The second-order valence-electron chi connectivity index (χ2n) is 29.0. The fourth-order valence-electron chi connectivity index (χ4n) is 16.5. The number of pyridine rings is 3. The molecule has 524 valence electrons. The van der Waals surface area contributed by atoms with Gasteiger partial charge in [-0.05, 0) is 278 Å². The Morgan fingerprint density at radius 2 is 0.824 bits per heavy atom. The molecule has 6 aliphatic rings. The number of halogens is 6. The third-order valence-corrected chi connectivity index (χ3v) is 22.5. The van der Waals surface area contributed by atoms with Gasteiger partial charge in [0.15, 0.2) is 11.6 Å². The molecule has 6 aromatic carbocycles. The first kappa shape index (κ1) is 67.2. The van der Waals surface area contributed by atoms with E-state index in [-0.39, 0.29) is 57.9 Å². The van der Waals surface area contributed by atoms with Crippen LogP contribution in [0.1, 0.15) is 168 Å². The Balaban J connectivity index is 0.000000118. The molecule has 3 saturated carbocycles. The number of nitrogens with zero attached hydrogens (tertiary/aromatic N) is 10.